The zero-order valence-corrected chi connectivity index (χ0v) is 10.1. The number of H-pyrrole nitrogens is 1. The molecular weight excluding hydrogens is 252 g/mol. The normalized spacial score (nSPS) is 17.7. The molecule has 1 aromatic heterocycles. The minimum atomic E-state index is -1.36. The zero-order chi connectivity index (χ0) is 13.9. The Kier molecular flexibility index (Phi) is 3.66. The molecule has 0 bridgehead atoms. The smallest absolute Gasteiger partial charge is 0.329 e. The number of hydrogen-bond donors (Lipinski definition) is 3. The molecule has 0 saturated carbocycles. The maximum Gasteiger partial charge on any atom is 0.329 e. The number of carboxylic acid groups (broad SMARTS) is 1. The van der Waals surface area contributed by atoms with Gasteiger partial charge in [-0.15, -0.1) is 0 Å². The molecule has 0 atom stereocenters. The molecule has 102 valence electrons. The van der Waals surface area contributed by atoms with Crippen LogP contribution in [0.4, 0.5) is 0 Å². The lowest BCUT2D eigenvalue weighted by atomic mass is 9.90. The first-order chi connectivity index (χ1) is 9.05. The van der Waals surface area contributed by atoms with Crippen LogP contribution in [0.5, 0.6) is 0 Å². The highest BCUT2D eigenvalue weighted by Crippen LogP contribution is 2.21. The second-order valence-corrected chi connectivity index (χ2v) is 4.38. The first kappa shape index (κ1) is 13.3. The van der Waals surface area contributed by atoms with Crippen molar-refractivity contribution in [3.8, 4) is 0 Å². The lowest BCUT2D eigenvalue weighted by Gasteiger charge is -2.33. The highest BCUT2D eigenvalue weighted by atomic mass is 16.5. The molecule has 2 heterocycles. The molecule has 19 heavy (non-hydrogen) atoms. The number of hydrogen-bond acceptors (Lipinski definition) is 4. The van der Waals surface area contributed by atoms with Crippen molar-refractivity contribution in [1.82, 2.24) is 10.3 Å². The van der Waals surface area contributed by atoms with Gasteiger partial charge in [0.1, 0.15) is 11.1 Å². The number of aliphatic carboxylic acids is 1. The van der Waals surface area contributed by atoms with Gasteiger partial charge in [-0.2, -0.15) is 0 Å². The van der Waals surface area contributed by atoms with Crippen LogP contribution < -0.4 is 10.7 Å². The summed E-state index contributed by atoms with van der Waals surface area (Å²) in [4.78, 5) is 37.5. The average molecular weight is 266 g/mol. The van der Waals surface area contributed by atoms with Crippen molar-refractivity contribution < 1.29 is 19.4 Å². The van der Waals surface area contributed by atoms with Crippen LogP contribution in [0, 0.1) is 0 Å². The summed E-state index contributed by atoms with van der Waals surface area (Å²) < 4.78 is 5.10. The van der Waals surface area contributed by atoms with Gasteiger partial charge in [-0.25, -0.2) is 4.79 Å². The van der Waals surface area contributed by atoms with Crippen molar-refractivity contribution in [2.75, 3.05) is 13.2 Å². The predicted molar refractivity (Wildman–Crippen MR) is 64.9 cm³/mol. The number of amides is 1. The molecule has 1 amide bonds. The van der Waals surface area contributed by atoms with Crippen molar-refractivity contribution in [2.24, 2.45) is 0 Å². The molecule has 1 aliphatic heterocycles. The Bertz CT molecular complexity index is 545. The molecule has 0 aromatic carbocycles. The van der Waals surface area contributed by atoms with E-state index in [0.29, 0.717) is 0 Å². The van der Waals surface area contributed by atoms with Crippen molar-refractivity contribution >= 4 is 11.9 Å². The molecule has 0 unspecified atom stereocenters. The summed E-state index contributed by atoms with van der Waals surface area (Å²) in [7, 11) is 0. The Morgan fingerprint density at radius 2 is 2.05 bits per heavy atom. The van der Waals surface area contributed by atoms with E-state index < -0.39 is 22.8 Å². The summed E-state index contributed by atoms with van der Waals surface area (Å²) in [6, 6.07) is 1.21. The van der Waals surface area contributed by atoms with Crippen LogP contribution in [0.3, 0.4) is 0 Å². The van der Waals surface area contributed by atoms with Gasteiger partial charge in [0.15, 0.2) is 5.43 Å². The lowest BCUT2D eigenvalue weighted by molar-refractivity contribution is -0.148. The quantitative estimate of drug-likeness (QED) is 0.698. The Morgan fingerprint density at radius 1 is 1.37 bits per heavy atom. The van der Waals surface area contributed by atoms with Crippen LogP contribution in [0.25, 0.3) is 0 Å². The zero-order valence-electron chi connectivity index (χ0n) is 10.1. The second kappa shape index (κ2) is 5.23. The van der Waals surface area contributed by atoms with Gasteiger partial charge >= 0.3 is 5.97 Å². The van der Waals surface area contributed by atoms with E-state index in [0.717, 1.165) is 0 Å². The molecule has 1 aromatic rings. The third kappa shape index (κ3) is 2.65. The number of nitrogens with one attached hydrogen (secondary N) is 2. The van der Waals surface area contributed by atoms with E-state index in [2.05, 4.69) is 10.3 Å². The van der Waals surface area contributed by atoms with E-state index in [1.807, 2.05) is 0 Å². The Labute approximate surface area is 108 Å². The third-order valence-electron chi connectivity index (χ3n) is 3.18. The van der Waals surface area contributed by atoms with Gasteiger partial charge in [0.25, 0.3) is 5.91 Å². The van der Waals surface area contributed by atoms with Gasteiger partial charge in [0.05, 0.1) is 0 Å². The standard InChI is InChI=1S/C12H14N2O5/c15-9-1-4-13-7-8(9)10(16)14-12(11(17)18)2-5-19-6-3-12/h1,4,7H,2-3,5-6H2,(H,13,15)(H,14,16)(H,17,18). The number of aromatic nitrogens is 1. The van der Waals surface area contributed by atoms with Crippen LogP contribution >= 0.6 is 0 Å². The van der Waals surface area contributed by atoms with Gasteiger partial charge in [-0.05, 0) is 0 Å². The number of pyridine rings is 1. The van der Waals surface area contributed by atoms with Crippen molar-refractivity contribution in [3.63, 3.8) is 0 Å². The van der Waals surface area contributed by atoms with Gasteiger partial charge in [0, 0.05) is 44.5 Å². The number of carbonyl (C=O) groups excluding carboxylic acids is 1. The third-order valence-corrected chi connectivity index (χ3v) is 3.18. The molecule has 2 rings (SSSR count). The fourth-order valence-corrected chi connectivity index (χ4v) is 1.99. The van der Waals surface area contributed by atoms with E-state index in [4.69, 9.17) is 4.74 Å². The number of aromatic amines is 1. The molecule has 0 radical (unpaired) electrons. The van der Waals surface area contributed by atoms with Gasteiger partial charge in [-0.3, -0.25) is 9.59 Å². The monoisotopic (exact) mass is 266 g/mol. The number of rotatable bonds is 3. The molecule has 1 aliphatic rings. The molecule has 7 nitrogen and oxygen atoms in total. The molecule has 1 fully saturated rings. The Morgan fingerprint density at radius 3 is 2.63 bits per heavy atom. The summed E-state index contributed by atoms with van der Waals surface area (Å²) in [5.41, 5.74) is -1.92. The summed E-state index contributed by atoms with van der Waals surface area (Å²) in [5.74, 6) is -1.80. The molecule has 7 heteroatoms. The number of carboxylic acids is 1. The fourth-order valence-electron chi connectivity index (χ4n) is 1.99. The summed E-state index contributed by atoms with van der Waals surface area (Å²) in [5, 5.41) is 11.7. The SMILES string of the molecule is O=C(NC1(C(=O)O)CCOCC1)c1c[nH]ccc1=O. The van der Waals surface area contributed by atoms with E-state index in [1.54, 1.807) is 0 Å². The minimum absolute atomic E-state index is 0.102. The Balaban J connectivity index is 2.23. The summed E-state index contributed by atoms with van der Waals surface area (Å²) in [6.45, 7) is 0.523. The second-order valence-electron chi connectivity index (χ2n) is 4.38. The van der Waals surface area contributed by atoms with Crippen molar-refractivity contribution in [2.45, 2.75) is 18.4 Å². The molecule has 0 aliphatic carbocycles. The molecule has 0 spiro atoms. The van der Waals surface area contributed by atoms with E-state index >= 15 is 0 Å². The van der Waals surface area contributed by atoms with E-state index in [1.165, 1.54) is 18.5 Å². The highest BCUT2D eigenvalue weighted by Gasteiger charge is 2.42. The fraction of sp³-hybridized carbons (Fsp3) is 0.417. The van der Waals surface area contributed by atoms with Gasteiger partial charge in [0.2, 0.25) is 0 Å². The van der Waals surface area contributed by atoms with E-state index in [-0.39, 0.29) is 31.6 Å². The molecule has 3 N–H and O–H groups in total. The minimum Gasteiger partial charge on any atom is -0.480 e. The number of ether oxygens (including phenoxy) is 1. The van der Waals surface area contributed by atoms with Crippen LogP contribution in [0.2, 0.25) is 0 Å². The van der Waals surface area contributed by atoms with Crippen LogP contribution in [-0.4, -0.2) is 40.7 Å². The van der Waals surface area contributed by atoms with Crippen LogP contribution in [-0.2, 0) is 9.53 Å². The predicted octanol–water partition coefficient (Wildman–Crippen LogP) is -0.262. The topological polar surface area (TPSA) is 108 Å². The van der Waals surface area contributed by atoms with Crippen molar-refractivity contribution in [3.05, 3.63) is 34.2 Å². The van der Waals surface area contributed by atoms with Crippen LogP contribution in [0.15, 0.2) is 23.3 Å². The maximum absolute atomic E-state index is 12.0. The summed E-state index contributed by atoms with van der Waals surface area (Å²) in [6.07, 6.45) is 3.02. The van der Waals surface area contributed by atoms with Crippen LogP contribution in [0.1, 0.15) is 23.2 Å². The average Bonchev–Trinajstić information content (AvgIpc) is 2.40. The summed E-state index contributed by atoms with van der Waals surface area (Å²) >= 11 is 0. The molecule has 1 saturated heterocycles. The van der Waals surface area contributed by atoms with Gasteiger partial charge in [-0.1, -0.05) is 0 Å². The largest absolute Gasteiger partial charge is 0.480 e. The van der Waals surface area contributed by atoms with Gasteiger partial charge < -0.3 is 20.1 Å². The lowest BCUT2D eigenvalue weighted by Crippen LogP contribution is -2.58. The first-order valence-electron chi connectivity index (χ1n) is 5.86. The molecular formula is C12H14N2O5. The maximum atomic E-state index is 12.0. The van der Waals surface area contributed by atoms with E-state index in [9.17, 15) is 19.5 Å². The number of carbonyl (C=O) groups is 2. The Hall–Kier alpha value is -2.15. The first-order valence-corrected chi connectivity index (χ1v) is 5.86. The van der Waals surface area contributed by atoms with Crippen molar-refractivity contribution in [1.29, 1.82) is 0 Å². The highest BCUT2D eigenvalue weighted by molar-refractivity contribution is 5.97.